The molecule has 2 aliphatic heterocycles. The molecule has 1 aromatic rings. The Labute approximate surface area is 162 Å². The van der Waals surface area contributed by atoms with Crippen LogP contribution in [0.5, 0.6) is 0 Å². The van der Waals surface area contributed by atoms with Gasteiger partial charge in [-0.05, 0) is 50.7 Å². The van der Waals surface area contributed by atoms with E-state index in [0.29, 0.717) is 17.3 Å². The minimum absolute atomic E-state index is 0.0299. The third-order valence-corrected chi connectivity index (χ3v) is 6.52. The van der Waals surface area contributed by atoms with Crippen molar-refractivity contribution in [3.8, 4) is 0 Å². The third-order valence-electron chi connectivity index (χ3n) is 4.21. The molecule has 8 nitrogen and oxygen atoms in total. The zero-order valence-corrected chi connectivity index (χ0v) is 17.0. The summed E-state index contributed by atoms with van der Waals surface area (Å²) in [7, 11) is -3.43. The highest BCUT2D eigenvalue weighted by atomic mass is 32.2. The molecule has 0 fully saturated rings. The molecule has 0 bridgehead atoms. The van der Waals surface area contributed by atoms with Crippen molar-refractivity contribution in [3.05, 3.63) is 23.8 Å². The van der Waals surface area contributed by atoms with Crippen molar-refractivity contribution in [2.75, 3.05) is 30.3 Å². The van der Waals surface area contributed by atoms with Gasteiger partial charge in [0.25, 0.3) is 15.9 Å². The number of nitrogens with zero attached hydrogens (tertiary/aromatic N) is 3. The van der Waals surface area contributed by atoms with Gasteiger partial charge in [-0.25, -0.2) is 8.42 Å². The molecule has 0 spiro atoms. The van der Waals surface area contributed by atoms with Crippen molar-refractivity contribution < 1.29 is 22.7 Å². The molecule has 0 radical (unpaired) electrons. The molecule has 27 heavy (non-hydrogen) atoms. The molecule has 0 aromatic heterocycles. The first-order chi connectivity index (χ1) is 12.7. The van der Waals surface area contributed by atoms with Crippen LogP contribution in [0.2, 0.25) is 0 Å². The summed E-state index contributed by atoms with van der Waals surface area (Å²) in [6.45, 7) is 5.86. The van der Waals surface area contributed by atoms with Crippen molar-refractivity contribution in [3.63, 3.8) is 0 Å². The van der Waals surface area contributed by atoms with Crippen LogP contribution in [-0.2, 0) is 19.6 Å². The molecule has 0 aliphatic carbocycles. The highest BCUT2D eigenvalue weighted by molar-refractivity contribution is 8.15. The number of ether oxygens (including phenoxy) is 1. The molecule has 0 saturated heterocycles. The van der Waals surface area contributed by atoms with Gasteiger partial charge in [0, 0.05) is 23.0 Å². The van der Waals surface area contributed by atoms with Crippen molar-refractivity contribution in [1.29, 1.82) is 0 Å². The van der Waals surface area contributed by atoms with Crippen LogP contribution in [0.1, 0.15) is 31.1 Å². The average molecular weight is 412 g/mol. The fourth-order valence-electron chi connectivity index (χ4n) is 2.86. The molecule has 1 amide bonds. The topological polar surface area (TPSA) is 96.3 Å². The van der Waals surface area contributed by atoms with E-state index in [-0.39, 0.29) is 30.9 Å². The number of thioether (sulfide) groups is 1. The standard InChI is InChI=1S/C17H21N3O5S2/c1-4-25-15(21)10-20(11(2)3)16(22)12-5-6-13-14(9-12)26-17-18-27(23,24)8-7-19(13)17/h5-6,9,11H,4,7-8,10H2,1-3H3. The average Bonchev–Trinajstić information content (AvgIpc) is 2.94. The maximum atomic E-state index is 12.9. The molecule has 1 aromatic carbocycles. The molecule has 2 aliphatic rings. The first-order valence-electron chi connectivity index (χ1n) is 8.60. The maximum Gasteiger partial charge on any atom is 0.325 e. The summed E-state index contributed by atoms with van der Waals surface area (Å²) in [6, 6.07) is 5.02. The van der Waals surface area contributed by atoms with Crippen LogP contribution in [0.3, 0.4) is 0 Å². The van der Waals surface area contributed by atoms with Crippen LogP contribution in [0.25, 0.3) is 0 Å². The van der Waals surface area contributed by atoms with E-state index < -0.39 is 16.0 Å². The van der Waals surface area contributed by atoms with Gasteiger partial charge in [0.15, 0.2) is 5.17 Å². The predicted octanol–water partition coefficient (Wildman–Crippen LogP) is 1.71. The third kappa shape index (κ3) is 4.11. The summed E-state index contributed by atoms with van der Waals surface area (Å²) >= 11 is 1.23. The van der Waals surface area contributed by atoms with Gasteiger partial charge >= 0.3 is 5.97 Å². The molecule has 10 heteroatoms. The quantitative estimate of drug-likeness (QED) is 0.681. The van der Waals surface area contributed by atoms with Crippen molar-refractivity contribution in [2.24, 2.45) is 4.40 Å². The van der Waals surface area contributed by atoms with E-state index in [0.717, 1.165) is 10.6 Å². The Hall–Kier alpha value is -2.07. The van der Waals surface area contributed by atoms with Gasteiger partial charge in [-0.1, -0.05) is 0 Å². The summed E-state index contributed by atoms with van der Waals surface area (Å²) in [5, 5.41) is 0.410. The molecule has 0 N–H and O–H groups in total. The number of hydrogen-bond acceptors (Lipinski definition) is 7. The van der Waals surface area contributed by atoms with E-state index in [1.54, 1.807) is 25.1 Å². The van der Waals surface area contributed by atoms with Crippen molar-refractivity contribution in [2.45, 2.75) is 31.7 Å². The van der Waals surface area contributed by atoms with E-state index in [2.05, 4.69) is 4.40 Å². The van der Waals surface area contributed by atoms with Gasteiger partial charge in [0.2, 0.25) is 0 Å². The lowest BCUT2D eigenvalue weighted by molar-refractivity contribution is -0.144. The first kappa shape index (κ1) is 19.7. The lowest BCUT2D eigenvalue weighted by Gasteiger charge is -2.26. The Bertz CT molecular complexity index is 911. The zero-order chi connectivity index (χ0) is 19.8. The van der Waals surface area contributed by atoms with Crippen molar-refractivity contribution in [1.82, 2.24) is 4.90 Å². The number of esters is 1. The smallest absolute Gasteiger partial charge is 0.325 e. The number of rotatable bonds is 5. The second-order valence-electron chi connectivity index (χ2n) is 6.43. The van der Waals surface area contributed by atoms with Crippen LogP contribution in [0.4, 0.5) is 5.69 Å². The van der Waals surface area contributed by atoms with Crippen LogP contribution in [0.15, 0.2) is 27.5 Å². The second-order valence-corrected chi connectivity index (χ2v) is 9.19. The maximum absolute atomic E-state index is 12.9. The Morgan fingerprint density at radius 1 is 1.37 bits per heavy atom. The number of carbonyl (C=O) groups is 2. The van der Waals surface area contributed by atoms with Crippen LogP contribution < -0.4 is 4.90 Å². The number of sulfonamides is 1. The Morgan fingerprint density at radius 3 is 2.78 bits per heavy atom. The van der Waals surface area contributed by atoms with E-state index in [9.17, 15) is 18.0 Å². The molecule has 0 atom stereocenters. The molecule has 0 unspecified atom stereocenters. The van der Waals surface area contributed by atoms with E-state index in [4.69, 9.17) is 4.74 Å². The molecule has 0 saturated carbocycles. The van der Waals surface area contributed by atoms with Gasteiger partial charge in [-0.15, -0.1) is 4.40 Å². The van der Waals surface area contributed by atoms with Gasteiger partial charge < -0.3 is 14.5 Å². The van der Waals surface area contributed by atoms with Crippen molar-refractivity contribution >= 4 is 44.5 Å². The summed E-state index contributed by atoms with van der Waals surface area (Å²) in [5.74, 6) is -0.759. The summed E-state index contributed by atoms with van der Waals surface area (Å²) in [5.41, 5.74) is 1.27. The minimum Gasteiger partial charge on any atom is -0.465 e. The lowest BCUT2D eigenvalue weighted by atomic mass is 10.1. The Morgan fingerprint density at radius 2 is 2.11 bits per heavy atom. The highest BCUT2D eigenvalue weighted by Gasteiger charge is 2.34. The Balaban J connectivity index is 1.85. The summed E-state index contributed by atoms with van der Waals surface area (Å²) < 4.78 is 32.2. The van der Waals surface area contributed by atoms with Gasteiger partial charge in [0.05, 0.1) is 18.0 Å². The lowest BCUT2D eigenvalue weighted by Crippen LogP contribution is -2.41. The van der Waals surface area contributed by atoms with Gasteiger partial charge in [0.1, 0.15) is 6.54 Å². The van der Waals surface area contributed by atoms with Crippen LogP contribution >= 0.6 is 11.8 Å². The first-order valence-corrected chi connectivity index (χ1v) is 11.0. The predicted molar refractivity (Wildman–Crippen MR) is 104 cm³/mol. The number of hydrogen-bond donors (Lipinski definition) is 0. The fraction of sp³-hybridized carbons (Fsp3) is 0.471. The number of benzene rings is 1. The Kier molecular flexibility index (Phi) is 5.48. The normalized spacial score (nSPS) is 17.2. The monoisotopic (exact) mass is 411 g/mol. The van der Waals surface area contributed by atoms with E-state index >= 15 is 0 Å². The zero-order valence-electron chi connectivity index (χ0n) is 15.3. The largest absolute Gasteiger partial charge is 0.465 e. The molecular formula is C17H21N3O5S2. The number of carbonyl (C=O) groups excluding carboxylic acids is 2. The SMILES string of the molecule is CCOC(=O)CN(C(=O)c1ccc2c(c1)SC1=NS(=O)(=O)CCN12)C(C)C. The minimum atomic E-state index is -3.43. The molecule has 2 heterocycles. The number of anilines is 1. The summed E-state index contributed by atoms with van der Waals surface area (Å²) in [6.07, 6.45) is 0. The van der Waals surface area contributed by atoms with Gasteiger partial charge in [-0.3, -0.25) is 9.59 Å². The molecular weight excluding hydrogens is 390 g/mol. The van der Waals surface area contributed by atoms with E-state index in [1.807, 2.05) is 18.7 Å². The van der Waals surface area contributed by atoms with E-state index in [1.165, 1.54) is 16.7 Å². The van der Waals surface area contributed by atoms with Crippen LogP contribution in [0, 0.1) is 0 Å². The number of amidine groups is 1. The summed E-state index contributed by atoms with van der Waals surface area (Å²) in [4.78, 5) is 28.8. The highest BCUT2D eigenvalue weighted by Crippen LogP contribution is 2.42. The number of amides is 1. The second kappa shape index (κ2) is 7.51. The molecule has 3 rings (SSSR count). The van der Waals surface area contributed by atoms with Crippen LogP contribution in [-0.4, -0.2) is 61.9 Å². The fourth-order valence-corrected chi connectivity index (χ4v) is 5.16. The van der Waals surface area contributed by atoms with Gasteiger partial charge in [-0.2, -0.15) is 0 Å². The molecule has 146 valence electrons. The number of fused-ring (bicyclic) bond motifs is 3.